The van der Waals surface area contributed by atoms with Crippen molar-refractivity contribution in [3.05, 3.63) is 53.5 Å². The zero-order chi connectivity index (χ0) is 16.2. The second-order valence-corrected chi connectivity index (χ2v) is 6.16. The molecule has 0 saturated carbocycles. The van der Waals surface area contributed by atoms with Crippen LogP contribution in [-0.4, -0.2) is 29.9 Å². The largest absolute Gasteiger partial charge is 0.469 e. The van der Waals surface area contributed by atoms with Crippen LogP contribution in [0.4, 0.5) is 5.69 Å². The van der Waals surface area contributed by atoms with E-state index in [1.54, 1.807) is 12.3 Å². The second kappa shape index (κ2) is 8.22. The highest BCUT2D eigenvalue weighted by Crippen LogP contribution is 2.16. The van der Waals surface area contributed by atoms with E-state index in [0.717, 1.165) is 38.2 Å². The normalized spacial score (nSPS) is 15.7. The Bertz CT molecular complexity index is 678. The Hall–Kier alpha value is -1.98. The lowest BCUT2D eigenvalue weighted by molar-refractivity contribution is 0.0907. The molecule has 0 bridgehead atoms. The summed E-state index contributed by atoms with van der Waals surface area (Å²) in [5, 5.41) is 3.11. The number of nitrogens with zero attached hydrogens (tertiary/aromatic N) is 1. The summed E-state index contributed by atoms with van der Waals surface area (Å²) in [5.74, 6) is 0.632. The maximum Gasteiger partial charge on any atom is 0.255 e. The van der Waals surface area contributed by atoms with Crippen molar-refractivity contribution in [2.24, 2.45) is 0 Å². The van der Waals surface area contributed by atoms with Gasteiger partial charge in [0.05, 0.1) is 11.8 Å². The highest BCUT2D eigenvalue weighted by atomic mass is 35.5. The molecule has 130 valence electrons. The summed E-state index contributed by atoms with van der Waals surface area (Å²) >= 11 is 0. The van der Waals surface area contributed by atoms with Crippen molar-refractivity contribution in [1.29, 1.82) is 0 Å². The highest BCUT2D eigenvalue weighted by molar-refractivity contribution is 5.95. The number of aryl methyl sites for hydroxylation is 1. The number of nitrogens with two attached hydrogens (primary N) is 1. The predicted octanol–water partition coefficient (Wildman–Crippen LogP) is 2.99. The van der Waals surface area contributed by atoms with E-state index in [9.17, 15) is 4.79 Å². The molecule has 24 heavy (non-hydrogen) atoms. The highest BCUT2D eigenvalue weighted by Gasteiger charge is 2.22. The molecule has 1 aromatic heterocycles. The quantitative estimate of drug-likeness (QED) is 0.832. The summed E-state index contributed by atoms with van der Waals surface area (Å²) in [6, 6.07) is 9.98. The van der Waals surface area contributed by atoms with Crippen molar-refractivity contribution < 1.29 is 9.21 Å². The van der Waals surface area contributed by atoms with Gasteiger partial charge in [-0.25, -0.2) is 0 Å². The zero-order valence-corrected chi connectivity index (χ0v) is 14.6. The summed E-state index contributed by atoms with van der Waals surface area (Å²) in [7, 11) is 0. The topological polar surface area (TPSA) is 71.5 Å². The van der Waals surface area contributed by atoms with Crippen LogP contribution >= 0.6 is 12.4 Å². The van der Waals surface area contributed by atoms with Crippen LogP contribution in [0.2, 0.25) is 0 Å². The molecule has 1 aliphatic heterocycles. The number of halogens is 1. The van der Waals surface area contributed by atoms with E-state index in [4.69, 9.17) is 10.2 Å². The van der Waals surface area contributed by atoms with E-state index in [1.165, 1.54) is 5.56 Å². The molecule has 6 heteroatoms. The Kier molecular flexibility index (Phi) is 6.29. The number of benzene rings is 1. The molecule has 0 radical (unpaired) electrons. The van der Waals surface area contributed by atoms with Crippen LogP contribution in [0.5, 0.6) is 0 Å². The molecule has 1 fully saturated rings. The molecule has 0 aliphatic carbocycles. The second-order valence-electron chi connectivity index (χ2n) is 6.16. The fraction of sp³-hybridized carbons (Fsp3) is 0.389. The molecule has 2 heterocycles. The van der Waals surface area contributed by atoms with Crippen molar-refractivity contribution in [2.75, 3.05) is 18.8 Å². The first-order valence-electron chi connectivity index (χ1n) is 8.03. The van der Waals surface area contributed by atoms with Crippen molar-refractivity contribution in [3.63, 3.8) is 0 Å². The van der Waals surface area contributed by atoms with Gasteiger partial charge in [0.2, 0.25) is 0 Å². The molecule has 3 N–H and O–H groups in total. The van der Waals surface area contributed by atoms with E-state index in [2.05, 4.69) is 16.3 Å². The summed E-state index contributed by atoms with van der Waals surface area (Å²) in [5.41, 5.74) is 8.50. The van der Waals surface area contributed by atoms with E-state index in [0.29, 0.717) is 11.3 Å². The number of rotatable bonds is 4. The van der Waals surface area contributed by atoms with Crippen LogP contribution in [0.25, 0.3) is 0 Å². The lowest BCUT2D eigenvalue weighted by Crippen LogP contribution is -2.44. The number of piperidine rings is 1. The third-order valence-electron chi connectivity index (χ3n) is 4.38. The van der Waals surface area contributed by atoms with Crippen LogP contribution in [0, 0.1) is 6.92 Å². The lowest BCUT2D eigenvalue weighted by Gasteiger charge is -2.32. The minimum absolute atomic E-state index is 0. The molecule has 1 aromatic carbocycles. The zero-order valence-electron chi connectivity index (χ0n) is 13.8. The predicted molar refractivity (Wildman–Crippen MR) is 97.3 cm³/mol. The van der Waals surface area contributed by atoms with Gasteiger partial charge in [-0.3, -0.25) is 9.69 Å². The first-order chi connectivity index (χ1) is 11.1. The summed E-state index contributed by atoms with van der Waals surface area (Å²) in [4.78, 5) is 14.6. The van der Waals surface area contributed by atoms with Gasteiger partial charge in [0, 0.05) is 31.4 Å². The number of hydrogen-bond acceptors (Lipinski definition) is 4. The van der Waals surface area contributed by atoms with Crippen LogP contribution in [0.3, 0.4) is 0 Å². The Labute approximate surface area is 148 Å². The Morgan fingerprint density at radius 2 is 2.08 bits per heavy atom. The maximum atomic E-state index is 12.2. The summed E-state index contributed by atoms with van der Waals surface area (Å²) < 4.78 is 5.19. The molecule has 1 saturated heterocycles. The van der Waals surface area contributed by atoms with Gasteiger partial charge in [-0.1, -0.05) is 12.1 Å². The monoisotopic (exact) mass is 349 g/mol. The molecule has 1 aliphatic rings. The smallest absolute Gasteiger partial charge is 0.255 e. The minimum Gasteiger partial charge on any atom is -0.469 e. The number of carbonyl (C=O) groups is 1. The van der Waals surface area contributed by atoms with Gasteiger partial charge < -0.3 is 15.5 Å². The Morgan fingerprint density at radius 3 is 2.71 bits per heavy atom. The van der Waals surface area contributed by atoms with Crippen LogP contribution in [0.1, 0.15) is 34.5 Å². The molecule has 0 atom stereocenters. The van der Waals surface area contributed by atoms with Gasteiger partial charge in [-0.2, -0.15) is 0 Å². The number of furan rings is 1. The van der Waals surface area contributed by atoms with Gasteiger partial charge in [-0.05, 0) is 43.5 Å². The molecule has 0 spiro atoms. The number of hydrogen-bond donors (Lipinski definition) is 2. The number of anilines is 1. The van der Waals surface area contributed by atoms with Gasteiger partial charge in [0.15, 0.2) is 0 Å². The van der Waals surface area contributed by atoms with Gasteiger partial charge in [0.25, 0.3) is 5.91 Å². The number of nitrogens with one attached hydrogen (secondary N) is 1. The Balaban J connectivity index is 0.00000208. The number of likely N-dealkylation sites (tertiary alicyclic amines) is 1. The molecule has 0 unspecified atom stereocenters. The third-order valence-corrected chi connectivity index (χ3v) is 4.38. The summed E-state index contributed by atoms with van der Waals surface area (Å²) in [6.45, 7) is 4.67. The molecule has 3 rings (SSSR count). The van der Waals surface area contributed by atoms with Gasteiger partial charge in [-0.15, -0.1) is 12.4 Å². The molecular formula is C18H24ClN3O2. The number of nitrogen functional groups attached to an aromatic ring is 1. The molecule has 1 amide bonds. The van der Waals surface area contributed by atoms with E-state index < -0.39 is 0 Å². The Morgan fingerprint density at radius 1 is 1.33 bits per heavy atom. The standard InChI is InChI=1S/C18H23N3O2.ClH/c1-13-17(7-10-23-13)18(22)20-16-5-8-21(9-6-16)12-14-3-2-4-15(19)11-14;/h2-4,7,10-11,16H,5-6,8-9,12,19H2,1H3,(H,20,22);1H. The third kappa shape index (κ3) is 4.52. The fourth-order valence-corrected chi connectivity index (χ4v) is 3.07. The van der Waals surface area contributed by atoms with Crippen LogP contribution < -0.4 is 11.1 Å². The van der Waals surface area contributed by atoms with Crippen molar-refractivity contribution in [2.45, 2.75) is 32.4 Å². The average molecular weight is 350 g/mol. The SMILES string of the molecule is Cc1occc1C(=O)NC1CCN(Cc2cccc(N)c2)CC1.Cl. The van der Waals surface area contributed by atoms with E-state index in [1.807, 2.05) is 25.1 Å². The van der Waals surface area contributed by atoms with Gasteiger partial charge in [0.1, 0.15) is 5.76 Å². The molecule has 5 nitrogen and oxygen atoms in total. The number of amides is 1. The minimum atomic E-state index is -0.0365. The van der Waals surface area contributed by atoms with Crippen molar-refractivity contribution in [1.82, 2.24) is 10.2 Å². The average Bonchev–Trinajstić information content (AvgIpc) is 2.95. The molecular weight excluding hydrogens is 326 g/mol. The maximum absolute atomic E-state index is 12.2. The van der Waals surface area contributed by atoms with E-state index >= 15 is 0 Å². The van der Waals surface area contributed by atoms with Gasteiger partial charge >= 0.3 is 0 Å². The summed E-state index contributed by atoms with van der Waals surface area (Å²) in [6.07, 6.45) is 3.48. The lowest BCUT2D eigenvalue weighted by atomic mass is 10.0. The first kappa shape index (κ1) is 18.4. The van der Waals surface area contributed by atoms with Crippen LogP contribution in [-0.2, 0) is 6.54 Å². The van der Waals surface area contributed by atoms with E-state index in [-0.39, 0.29) is 24.4 Å². The number of carbonyl (C=O) groups excluding carboxylic acids is 1. The fourth-order valence-electron chi connectivity index (χ4n) is 3.07. The van der Waals surface area contributed by atoms with Crippen molar-refractivity contribution in [3.8, 4) is 0 Å². The van der Waals surface area contributed by atoms with Crippen molar-refractivity contribution >= 4 is 24.0 Å². The van der Waals surface area contributed by atoms with Crippen LogP contribution in [0.15, 0.2) is 41.0 Å². The first-order valence-corrected chi connectivity index (χ1v) is 8.03. The molecule has 2 aromatic rings.